The number of aryl methyl sites for hydroxylation is 1. The van der Waals surface area contributed by atoms with Gasteiger partial charge in [0, 0.05) is 31.9 Å². The molecule has 0 aliphatic rings. The Morgan fingerprint density at radius 1 is 0.867 bits per heavy atom. The number of nitrogens with one attached hydrogen (secondary N) is 3. The van der Waals surface area contributed by atoms with Crippen molar-refractivity contribution < 1.29 is 24.3 Å². The third-order valence-electron chi connectivity index (χ3n) is 6.57. The second-order valence-corrected chi connectivity index (χ2v) is 12.0. The number of carboxylic acid groups (broad SMARTS) is 1. The maximum Gasteiger partial charge on any atom is 0.335 e. The highest BCUT2D eigenvalue weighted by molar-refractivity contribution is 8.00. The molecule has 0 aliphatic heterocycles. The Morgan fingerprint density at radius 3 is 2.31 bits per heavy atom. The zero-order chi connectivity index (χ0) is 32.5. The molecule has 4 aromatic rings. The first-order valence-corrected chi connectivity index (χ1v) is 15.4. The number of carboxylic acids is 1. The number of halogens is 2. The number of carbonyl (C=O) groups is 4. The highest BCUT2D eigenvalue weighted by Gasteiger charge is 2.21. The van der Waals surface area contributed by atoms with E-state index in [4.69, 9.17) is 23.2 Å². The molecule has 0 saturated heterocycles. The van der Waals surface area contributed by atoms with Crippen molar-refractivity contribution >= 4 is 76.1 Å². The van der Waals surface area contributed by atoms with Gasteiger partial charge < -0.3 is 21.1 Å². The van der Waals surface area contributed by atoms with Crippen molar-refractivity contribution in [2.24, 2.45) is 0 Å². The Hall–Kier alpha value is -4.57. The van der Waals surface area contributed by atoms with Gasteiger partial charge in [0.05, 0.1) is 10.8 Å². The van der Waals surface area contributed by atoms with Crippen molar-refractivity contribution in [2.45, 2.75) is 30.4 Å². The summed E-state index contributed by atoms with van der Waals surface area (Å²) in [7, 11) is 0. The van der Waals surface area contributed by atoms with Crippen molar-refractivity contribution in [3.8, 4) is 0 Å². The second-order valence-electron chi connectivity index (χ2n) is 9.86. The molecule has 4 N–H and O–H groups in total. The van der Waals surface area contributed by atoms with E-state index >= 15 is 0 Å². The molecule has 0 heterocycles. The number of thioether (sulfide) groups is 1. The molecule has 0 aliphatic carbocycles. The van der Waals surface area contributed by atoms with Gasteiger partial charge in [-0.1, -0.05) is 66.5 Å². The van der Waals surface area contributed by atoms with Gasteiger partial charge in [-0.2, -0.15) is 0 Å². The van der Waals surface area contributed by atoms with E-state index in [1.807, 2.05) is 13.0 Å². The first-order chi connectivity index (χ1) is 21.5. The molecule has 4 aromatic carbocycles. The van der Waals surface area contributed by atoms with Crippen LogP contribution in [0.15, 0.2) is 102 Å². The minimum atomic E-state index is -1.08. The quantitative estimate of drug-likeness (QED) is 0.0956. The molecular formula is C34H29Cl2N3O5S. The maximum atomic E-state index is 13.5. The first kappa shape index (κ1) is 33.3. The molecule has 4 rings (SSSR count). The molecule has 11 heteroatoms. The number of benzene rings is 4. The van der Waals surface area contributed by atoms with Gasteiger partial charge in [-0.05, 0) is 85.1 Å². The molecule has 3 amide bonds. The van der Waals surface area contributed by atoms with E-state index < -0.39 is 23.0 Å². The van der Waals surface area contributed by atoms with Crippen LogP contribution in [0.5, 0.6) is 0 Å². The van der Waals surface area contributed by atoms with Crippen LogP contribution in [0.2, 0.25) is 10.0 Å². The molecule has 0 fully saturated rings. The van der Waals surface area contributed by atoms with Crippen LogP contribution >= 0.6 is 35.0 Å². The average molecular weight is 663 g/mol. The predicted molar refractivity (Wildman–Crippen MR) is 180 cm³/mol. The number of aromatic carboxylic acids is 1. The van der Waals surface area contributed by atoms with E-state index in [1.165, 1.54) is 36.0 Å². The van der Waals surface area contributed by atoms with Crippen LogP contribution in [0.4, 0.5) is 11.4 Å². The lowest BCUT2D eigenvalue weighted by Gasteiger charge is -2.17. The van der Waals surface area contributed by atoms with Crippen molar-refractivity contribution in [3.05, 3.63) is 129 Å². The standard InChI is InChI=1S/C34H29Cl2N3O5S/c1-3-30(33(42)38-28-17-23(34(43)44)13-12-20(28)2)45-26-11-7-10-25(19-26)37-32(41)29(16-22-14-15-24(35)18-27(22)36)39-31(40)21-8-5-4-6-9-21/h4-19,30H,3H2,1-2H3,(H,37,41)(H,38,42)(H,39,40)(H,43,44)/b29-16+. The largest absolute Gasteiger partial charge is 0.478 e. The molecule has 0 bridgehead atoms. The van der Waals surface area contributed by atoms with Gasteiger partial charge in [0.15, 0.2) is 0 Å². The summed E-state index contributed by atoms with van der Waals surface area (Å²) in [6.07, 6.45) is 1.96. The summed E-state index contributed by atoms with van der Waals surface area (Å²) < 4.78 is 0. The van der Waals surface area contributed by atoms with Crippen LogP contribution in [0.3, 0.4) is 0 Å². The van der Waals surface area contributed by atoms with Crippen LogP contribution in [0.25, 0.3) is 6.08 Å². The van der Waals surface area contributed by atoms with Gasteiger partial charge in [-0.3, -0.25) is 14.4 Å². The number of carbonyl (C=O) groups excluding carboxylic acids is 3. The number of hydrogen-bond donors (Lipinski definition) is 4. The zero-order valence-corrected chi connectivity index (χ0v) is 26.6. The van der Waals surface area contributed by atoms with Crippen molar-refractivity contribution in [1.29, 1.82) is 0 Å². The van der Waals surface area contributed by atoms with E-state index in [2.05, 4.69) is 16.0 Å². The predicted octanol–water partition coefficient (Wildman–Crippen LogP) is 7.92. The number of hydrogen-bond acceptors (Lipinski definition) is 5. The third kappa shape index (κ3) is 9.21. The highest BCUT2D eigenvalue weighted by Crippen LogP contribution is 2.30. The van der Waals surface area contributed by atoms with Gasteiger partial charge >= 0.3 is 5.97 Å². The molecule has 0 radical (unpaired) electrons. The monoisotopic (exact) mass is 661 g/mol. The van der Waals surface area contributed by atoms with E-state index in [9.17, 15) is 24.3 Å². The highest BCUT2D eigenvalue weighted by atomic mass is 35.5. The molecule has 0 spiro atoms. The number of anilines is 2. The smallest absolute Gasteiger partial charge is 0.335 e. The van der Waals surface area contributed by atoms with Crippen LogP contribution < -0.4 is 16.0 Å². The van der Waals surface area contributed by atoms with Crippen LogP contribution in [0.1, 0.15) is 45.2 Å². The lowest BCUT2D eigenvalue weighted by molar-refractivity contribution is -0.116. The first-order valence-electron chi connectivity index (χ1n) is 13.8. The molecule has 8 nitrogen and oxygen atoms in total. The Morgan fingerprint density at radius 2 is 1.62 bits per heavy atom. The minimum absolute atomic E-state index is 0.0455. The maximum absolute atomic E-state index is 13.5. The Bertz CT molecular complexity index is 1780. The normalized spacial score (nSPS) is 11.8. The lowest BCUT2D eigenvalue weighted by Crippen LogP contribution is -2.30. The van der Waals surface area contributed by atoms with Gasteiger partial charge in [-0.15, -0.1) is 11.8 Å². The van der Waals surface area contributed by atoms with Gasteiger partial charge in [0.25, 0.3) is 11.8 Å². The van der Waals surface area contributed by atoms with Crippen LogP contribution in [0, 0.1) is 6.92 Å². The third-order valence-corrected chi connectivity index (χ3v) is 8.49. The summed E-state index contributed by atoms with van der Waals surface area (Å²) in [6.45, 7) is 3.66. The summed E-state index contributed by atoms with van der Waals surface area (Å²) >= 11 is 13.7. The molecule has 45 heavy (non-hydrogen) atoms. The van der Waals surface area contributed by atoms with Gasteiger partial charge in [0.1, 0.15) is 5.70 Å². The fourth-order valence-corrected chi connectivity index (χ4v) is 5.63. The Balaban J connectivity index is 1.52. The summed E-state index contributed by atoms with van der Waals surface area (Å²) in [5.74, 6) is -2.44. The zero-order valence-electron chi connectivity index (χ0n) is 24.3. The summed E-state index contributed by atoms with van der Waals surface area (Å²) in [5, 5.41) is 17.9. The van der Waals surface area contributed by atoms with E-state index in [-0.39, 0.29) is 17.2 Å². The fourth-order valence-electron chi connectivity index (χ4n) is 4.15. The van der Waals surface area contributed by atoms with Gasteiger partial charge in [0.2, 0.25) is 5.91 Å². The Kier molecular flexibility index (Phi) is 11.4. The van der Waals surface area contributed by atoms with Crippen molar-refractivity contribution in [3.63, 3.8) is 0 Å². The molecule has 0 saturated carbocycles. The van der Waals surface area contributed by atoms with Crippen LogP contribution in [-0.4, -0.2) is 34.0 Å². The van der Waals surface area contributed by atoms with E-state index in [0.29, 0.717) is 43.9 Å². The SMILES string of the molecule is CCC(Sc1cccc(NC(=O)/C(=C\c2ccc(Cl)cc2Cl)NC(=O)c2ccccc2)c1)C(=O)Nc1cc(C(=O)O)ccc1C. The topological polar surface area (TPSA) is 125 Å². The molecule has 230 valence electrons. The van der Waals surface area contributed by atoms with E-state index in [1.54, 1.807) is 73.7 Å². The van der Waals surface area contributed by atoms with Crippen LogP contribution in [-0.2, 0) is 9.59 Å². The molecule has 0 aromatic heterocycles. The summed E-state index contributed by atoms with van der Waals surface area (Å²) in [6, 6.07) is 24.8. The van der Waals surface area contributed by atoms with E-state index in [0.717, 1.165) is 5.56 Å². The Labute approximate surface area is 274 Å². The van der Waals surface area contributed by atoms with Gasteiger partial charge in [-0.25, -0.2) is 4.79 Å². The average Bonchev–Trinajstić information content (AvgIpc) is 3.02. The van der Waals surface area contributed by atoms with Crippen molar-refractivity contribution in [2.75, 3.05) is 10.6 Å². The lowest BCUT2D eigenvalue weighted by atomic mass is 10.1. The summed E-state index contributed by atoms with van der Waals surface area (Å²) in [5.41, 5.74) is 2.48. The summed E-state index contributed by atoms with van der Waals surface area (Å²) in [4.78, 5) is 51.7. The molecular weight excluding hydrogens is 633 g/mol. The number of amides is 3. The van der Waals surface area contributed by atoms with Crippen molar-refractivity contribution in [1.82, 2.24) is 5.32 Å². The second kappa shape index (κ2) is 15.4. The molecule has 1 unspecified atom stereocenters. The minimum Gasteiger partial charge on any atom is -0.478 e. The molecule has 1 atom stereocenters. The number of rotatable bonds is 11. The fraction of sp³-hybridized carbons (Fsp3) is 0.118.